The molecule has 0 aromatic heterocycles. The lowest BCUT2D eigenvalue weighted by molar-refractivity contribution is -0.00280. The molecule has 10 rings (SSSR count). The zero-order chi connectivity index (χ0) is 21.7. The Bertz CT molecular complexity index is 1030. The second-order valence-corrected chi connectivity index (χ2v) is 13.7. The Kier molecular flexibility index (Phi) is 4.46. The molecule has 8 fully saturated rings. The summed E-state index contributed by atoms with van der Waals surface area (Å²) in [6.45, 7) is 0. The molecule has 0 N–H and O–H groups in total. The fourth-order valence-corrected chi connectivity index (χ4v) is 11.1. The lowest BCUT2D eigenvalue weighted by atomic mass is 9.50. The summed E-state index contributed by atoms with van der Waals surface area (Å²) in [6, 6.07) is 16.7. The van der Waals surface area contributed by atoms with E-state index in [0.29, 0.717) is 0 Å². The fourth-order valence-electron chi connectivity index (χ4n) is 10.9. The summed E-state index contributed by atoms with van der Waals surface area (Å²) in [6.07, 6.45) is 15.0. The van der Waals surface area contributed by atoms with Crippen LogP contribution >= 0.6 is 11.6 Å². The van der Waals surface area contributed by atoms with Crippen molar-refractivity contribution in [2.24, 2.45) is 47.3 Å². The molecule has 0 heterocycles. The van der Waals surface area contributed by atoms with Gasteiger partial charge in [0, 0.05) is 5.02 Å². The first kappa shape index (κ1) is 20.0. The van der Waals surface area contributed by atoms with Gasteiger partial charge in [-0.1, -0.05) is 41.9 Å². The van der Waals surface area contributed by atoms with Crippen molar-refractivity contribution in [3.63, 3.8) is 0 Å². The minimum Gasteiger partial charge on any atom is -0.0843 e. The summed E-state index contributed by atoms with van der Waals surface area (Å²) >= 11 is 6.65. The largest absolute Gasteiger partial charge is 0.0843 e. The van der Waals surface area contributed by atoms with Crippen LogP contribution in [0.1, 0.15) is 87.2 Å². The molecule has 0 aliphatic heterocycles. The van der Waals surface area contributed by atoms with Gasteiger partial charge in [-0.2, -0.15) is 0 Å². The van der Waals surface area contributed by atoms with Crippen molar-refractivity contribution in [1.82, 2.24) is 0 Å². The molecule has 2 aromatic rings. The summed E-state index contributed by atoms with van der Waals surface area (Å²) in [5.41, 5.74) is 6.18. The number of halogens is 1. The van der Waals surface area contributed by atoms with Gasteiger partial charge in [-0.25, -0.2) is 0 Å². The summed E-state index contributed by atoms with van der Waals surface area (Å²) in [5, 5.41) is 0.930. The van der Waals surface area contributed by atoms with Crippen LogP contribution in [-0.2, 0) is 0 Å². The smallest absolute Gasteiger partial charge is 0.0409 e. The highest BCUT2D eigenvalue weighted by molar-refractivity contribution is 6.30. The van der Waals surface area contributed by atoms with E-state index in [4.69, 9.17) is 11.6 Å². The molecule has 0 amide bonds. The molecule has 1 heteroatoms. The van der Waals surface area contributed by atoms with Gasteiger partial charge in [0.25, 0.3) is 0 Å². The lowest BCUT2D eigenvalue weighted by Gasteiger charge is -2.55. The summed E-state index contributed by atoms with van der Waals surface area (Å²) < 4.78 is 0. The van der Waals surface area contributed by atoms with E-state index in [1.54, 1.807) is 17.5 Å². The zero-order valence-corrected chi connectivity index (χ0v) is 20.5. The highest BCUT2D eigenvalue weighted by Gasteiger charge is 2.50. The molecule has 8 saturated carbocycles. The summed E-state index contributed by atoms with van der Waals surface area (Å²) in [4.78, 5) is 0. The van der Waals surface area contributed by atoms with Gasteiger partial charge < -0.3 is 0 Å². The average molecular weight is 457 g/mol. The maximum Gasteiger partial charge on any atom is 0.0409 e. The maximum absolute atomic E-state index is 6.65. The third-order valence-corrected chi connectivity index (χ3v) is 11.6. The first-order valence-electron chi connectivity index (χ1n) is 14.1. The third kappa shape index (κ3) is 3.15. The minimum atomic E-state index is 0.733. The van der Waals surface area contributed by atoms with Crippen molar-refractivity contribution >= 4 is 11.6 Å². The molecule has 0 spiro atoms. The van der Waals surface area contributed by atoms with Crippen LogP contribution in [0.5, 0.6) is 0 Å². The second-order valence-electron chi connectivity index (χ2n) is 13.3. The van der Waals surface area contributed by atoms with E-state index < -0.39 is 0 Å². The first-order chi connectivity index (χ1) is 16.2. The van der Waals surface area contributed by atoms with Crippen LogP contribution in [0.15, 0.2) is 42.5 Å². The SMILES string of the molecule is Clc1ccc(-c2cccc(C3C4CC5CC(C4)CC3C5)c2)c(C2C3CC4CC(C3)CC2C4)c1. The van der Waals surface area contributed by atoms with Crippen molar-refractivity contribution < 1.29 is 0 Å². The topological polar surface area (TPSA) is 0 Å². The summed E-state index contributed by atoms with van der Waals surface area (Å²) in [5.74, 6) is 9.37. The standard InChI is InChI=1S/C32H37Cl/c33-28-4-5-29(30(17-28)32-26-12-20-7-21(14-26)15-27(32)13-20)22-2-1-3-23(16-22)31-24-8-18-6-19(10-24)11-25(31)9-18/h1-5,16-21,24-27,31-32H,6-15H2. The molecule has 8 bridgehead atoms. The second kappa shape index (κ2) is 7.36. The van der Waals surface area contributed by atoms with Crippen molar-refractivity contribution in [3.05, 3.63) is 58.6 Å². The number of benzene rings is 2. The van der Waals surface area contributed by atoms with E-state index >= 15 is 0 Å². The Balaban J connectivity index is 1.18. The number of rotatable bonds is 3. The number of hydrogen-bond acceptors (Lipinski definition) is 0. The van der Waals surface area contributed by atoms with Gasteiger partial charge in [-0.3, -0.25) is 0 Å². The molecular formula is C32H37Cl. The van der Waals surface area contributed by atoms with E-state index in [9.17, 15) is 0 Å². The van der Waals surface area contributed by atoms with Crippen LogP contribution in [0.3, 0.4) is 0 Å². The van der Waals surface area contributed by atoms with Gasteiger partial charge in [0.2, 0.25) is 0 Å². The molecular weight excluding hydrogens is 420 g/mol. The van der Waals surface area contributed by atoms with E-state index in [1.807, 2.05) is 0 Å². The highest BCUT2D eigenvalue weighted by atomic mass is 35.5. The molecule has 0 saturated heterocycles. The van der Waals surface area contributed by atoms with Gasteiger partial charge in [-0.15, -0.1) is 0 Å². The quantitative estimate of drug-likeness (QED) is 0.432. The Hall–Kier alpha value is -1.27. The van der Waals surface area contributed by atoms with Crippen molar-refractivity contribution in [2.45, 2.75) is 76.0 Å². The molecule has 8 aliphatic carbocycles. The molecule has 8 aliphatic rings. The zero-order valence-electron chi connectivity index (χ0n) is 19.8. The van der Waals surface area contributed by atoms with Crippen LogP contribution in [-0.4, -0.2) is 0 Å². The predicted molar refractivity (Wildman–Crippen MR) is 136 cm³/mol. The highest BCUT2D eigenvalue weighted by Crippen LogP contribution is 2.62. The van der Waals surface area contributed by atoms with Gasteiger partial charge >= 0.3 is 0 Å². The lowest BCUT2D eigenvalue weighted by Crippen LogP contribution is -2.44. The van der Waals surface area contributed by atoms with Gasteiger partial charge in [0.1, 0.15) is 0 Å². The molecule has 172 valence electrons. The molecule has 2 aromatic carbocycles. The Morgan fingerprint density at radius 1 is 0.545 bits per heavy atom. The van der Waals surface area contributed by atoms with E-state index in [0.717, 1.165) is 64.2 Å². The Labute approximate surface area is 204 Å². The van der Waals surface area contributed by atoms with E-state index in [2.05, 4.69) is 42.5 Å². The predicted octanol–water partition coefficient (Wildman–Crippen LogP) is 9.09. The van der Waals surface area contributed by atoms with Crippen molar-refractivity contribution in [2.75, 3.05) is 0 Å². The maximum atomic E-state index is 6.65. The molecule has 0 nitrogen and oxygen atoms in total. The average Bonchev–Trinajstić information content (AvgIpc) is 2.78. The Morgan fingerprint density at radius 3 is 1.67 bits per heavy atom. The van der Waals surface area contributed by atoms with Crippen molar-refractivity contribution in [1.29, 1.82) is 0 Å². The van der Waals surface area contributed by atoms with Crippen LogP contribution < -0.4 is 0 Å². The monoisotopic (exact) mass is 456 g/mol. The minimum absolute atomic E-state index is 0.733. The Morgan fingerprint density at radius 2 is 1.09 bits per heavy atom. The fraction of sp³-hybridized carbons (Fsp3) is 0.625. The summed E-state index contributed by atoms with van der Waals surface area (Å²) in [7, 11) is 0. The van der Waals surface area contributed by atoms with E-state index in [1.165, 1.54) is 68.9 Å². The number of hydrogen-bond donors (Lipinski definition) is 0. The van der Waals surface area contributed by atoms with Gasteiger partial charge in [0.15, 0.2) is 0 Å². The van der Waals surface area contributed by atoms with Crippen LogP contribution in [0, 0.1) is 47.3 Å². The van der Waals surface area contributed by atoms with Crippen LogP contribution in [0.25, 0.3) is 11.1 Å². The van der Waals surface area contributed by atoms with E-state index in [-0.39, 0.29) is 0 Å². The normalized spacial score (nSPS) is 44.5. The molecule has 33 heavy (non-hydrogen) atoms. The van der Waals surface area contributed by atoms with Gasteiger partial charge in [-0.05, 0) is 158 Å². The van der Waals surface area contributed by atoms with Crippen LogP contribution in [0.2, 0.25) is 5.02 Å². The van der Waals surface area contributed by atoms with Gasteiger partial charge in [0.05, 0.1) is 0 Å². The molecule has 0 atom stereocenters. The first-order valence-corrected chi connectivity index (χ1v) is 14.5. The third-order valence-electron chi connectivity index (χ3n) is 11.4. The van der Waals surface area contributed by atoms with Crippen molar-refractivity contribution in [3.8, 4) is 11.1 Å². The van der Waals surface area contributed by atoms with Crippen LogP contribution in [0.4, 0.5) is 0 Å². The molecule has 0 unspecified atom stereocenters. The molecule has 0 radical (unpaired) electrons.